The zero-order valence-electron chi connectivity index (χ0n) is 13.6. The summed E-state index contributed by atoms with van der Waals surface area (Å²) >= 11 is 13.4. The first-order chi connectivity index (χ1) is 11.5. The van der Waals surface area contributed by atoms with Crippen molar-refractivity contribution in [3.05, 3.63) is 57.6 Å². The van der Waals surface area contributed by atoms with Crippen LogP contribution in [0.1, 0.15) is 11.1 Å². The number of ether oxygens (including phenoxy) is 1. The van der Waals surface area contributed by atoms with E-state index in [1.54, 1.807) is 18.2 Å². The third-order valence-corrected chi connectivity index (χ3v) is 4.86. The molecule has 3 nitrogen and oxygen atoms in total. The zero-order valence-corrected chi connectivity index (χ0v) is 15.9. The summed E-state index contributed by atoms with van der Waals surface area (Å²) in [6, 6.07) is 11.0. The van der Waals surface area contributed by atoms with Gasteiger partial charge in [0.2, 0.25) is 5.91 Å². The SMILES string of the molecule is Cc1ccc(NC(=O)CSCCOc2ccc(Cl)cc2Cl)cc1C. The van der Waals surface area contributed by atoms with Crippen molar-refractivity contribution < 1.29 is 9.53 Å². The quantitative estimate of drug-likeness (QED) is 0.653. The minimum atomic E-state index is -0.0206. The van der Waals surface area contributed by atoms with Gasteiger partial charge >= 0.3 is 0 Å². The molecule has 2 aromatic carbocycles. The summed E-state index contributed by atoms with van der Waals surface area (Å²) in [5, 5.41) is 3.96. The van der Waals surface area contributed by atoms with E-state index in [0.717, 1.165) is 11.3 Å². The lowest BCUT2D eigenvalue weighted by molar-refractivity contribution is -0.113. The molecule has 0 saturated heterocycles. The molecule has 0 spiro atoms. The molecule has 0 fully saturated rings. The molecule has 0 aliphatic heterocycles. The largest absolute Gasteiger partial charge is 0.491 e. The molecule has 1 amide bonds. The molecule has 0 aliphatic rings. The molecule has 1 N–H and O–H groups in total. The van der Waals surface area contributed by atoms with Crippen molar-refractivity contribution in [3.63, 3.8) is 0 Å². The van der Waals surface area contributed by atoms with Crippen LogP contribution in [-0.4, -0.2) is 24.0 Å². The average Bonchev–Trinajstić information content (AvgIpc) is 2.52. The number of anilines is 1. The highest BCUT2D eigenvalue weighted by Crippen LogP contribution is 2.27. The third-order valence-electron chi connectivity index (χ3n) is 3.40. The average molecular weight is 384 g/mol. The number of hydrogen-bond acceptors (Lipinski definition) is 3. The first-order valence-electron chi connectivity index (χ1n) is 7.48. The number of rotatable bonds is 7. The van der Waals surface area contributed by atoms with E-state index >= 15 is 0 Å². The lowest BCUT2D eigenvalue weighted by Crippen LogP contribution is -2.15. The van der Waals surface area contributed by atoms with E-state index in [0.29, 0.717) is 33.9 Å². The van der Waals surface area contributed by atoms with Gasteiger partial charge in [-0.15, -0.1) is 11.8 Å². The van der Waals surface area contributed by atoms with Crippen LogP contribution in [0, 0.1) is 13.8 Å². The molecule has 0 bridgehead atoms. The second kappa shape index (κ2) is 9.21. The first-order valence-corrected chi connectivity index (χ1v) is 9.39. The molecule has 128 valence electrons. The van der Waals surface area contributed by atoms with Gasteiger partial charge in [-0.2, -0.15) is 0 Å². The Labute approximate surface area is 156 Å². The van der Waals surface area contributed by atoms with Crippen molar-refractivity contribution in [1.82, 2.24) is 0 Å². The van der Waals surface area contributed by atoms with Crippen LogP contribution >= 0.6 is 35.0 Å². The first kappa shape index (κ1) is 19.0. The van der Waals surface area contributed by atoms with Crippen molar-refractivity contribution in [2.75, 3.05) is 23.4 Å². The van der Waals surface area contributed by atoms with E-state index in [2.05, 4.69) is 5.32 Å². The van der Waals surface area contributed by atoms with E-state index in [1.807, 2.05) is 32.0 Å². The van der Waals surface area contributed by atoms with Crippen LogP contribution in [-0.2, 0) is 4.79 Å². The summed E-state index contributed by atoms with van der Waals surface area (Å²) in [7, 11) is 0. The van der Waals surface area contributed by atoms with Crippen molar-refractivity contribution >= 4 is 46.6 Å². The molecular weight excluding hydrogens is 365 g/mol. The number of nitrogens with one attached hydrogen (secondary N) is 1. The summed E-state index contributed by atoms with van der Waals surface area (Å²) in [5.41, 5.74) is 3.20. The zero-order chi connectivity index (χ0) is 17.5. The van der Waals surface area contributed by atoms with Crippen LogP contribution in [0.4, 0.5) is 5.69 Å². The Bertz CT molecular complexity index is 722. The summed E-state index contributed by atoms with van der Waals surface area (Å²) in [6.45, 7) is 4.55. The molecule has 2 aromatic rings. The maximum absolute atomic E-state index is 11.9. The van der Waals surface area contributed by atoms with Crippen LogP contribution in [0.2, 0.25) is 10.0 Å². The standard InChI is InChI=1S/C18H19Cl2NO2S/c1-12-3-5-15(9-13(12)2)21-18(22)11-24-8-7-23-17-6-4-14(19)10-16(17)20/h3-6,9-10H,7-8,11H2,1-2H3,(H,21,22). The molecule has 0 radical (unpaired) electrons. The van der Waals surface area contributed by atoms with E-state index in [1.165, 1.54) is 17.3 Å². The van der Waals surface area contributed by atoms with Crippen molar-refractivity contribution in [2.24, 2.45) is 0 Å². The van der Waals surface area contributed by atoms with E-state index in [4.69, 9.17) is 27.9 Å². The minimum Gasteiger partial charge on any atom is -0.491 e. The fourth-order valence-electron chi connectivity index (χ4n) is 1.98. The Morgan fingerprint density at radius 1 is 1.12 bits per heavy atom. The van der Waals surface area contributed by atoms with Gasteiger partial charge in [0.05, 0.1) is 17.4 Å². The Hall–Kier alpha value is -1.36. The Kier molecular flexibility index (Phi) is 7.28. The number of thioether (sulfide) groups is 1. The van der Waals surface area contributed by atoms with Crippen molar-refractivity contribution in [3.8, 4) is 5.75 Å². The number of benzene rings is 2. The van der Waals surface area contributed by atoms with Gasteiger partial charge in [0, 0.05) is 16.5 Å². The normalized spacial score (nSPS) is 10.5. The number of carbonyl (C=O) groups is 1. The van der Waals surface area contributed by atoms with Gasteiger partial charge in [0.1, 0.15) is 5.75 Å². The monoisotopic (exact) mass is 383 g/mol. The highest BCUT2D eigenvalue weighted by molar-refractivity contribution is 7.99. The Balaban J connectivity index is 1.68. The molecule has 24 heavy (non-hydrogen) atoms. The lowest BCUT2D eigenvalue weighted by Gasteiger charge is -2.09. The number of carbonyl (C=O) groups excluding carboxylic acids is 1. The summed E-state index contributed by atoms with van der Waals surface area (Å²) in [6.07, 6.45) is 0. The molecule has 2 rings (SSSR count). The smallest absolute Gasteiger partial charge is 0.234 e. The van der Waals surface area contributed by atoms with E-state index in [-0.39, 0.29) is 5.91 Å². The van der Waals surface area contributed by atoms with Gasteiger partial charge in [-0.1, -0.05) is 29.3 Å². The molecule has 0 aliphatic carbocycles. The minimum absolute atomic E-state index is 0.0206. The van der Waals surface area contributed by atoms with Crippen LogP contribution in [0.3, 0.4) is 0 Å². The van der Waals surface area contributed by atoms with Crippen molar-refractivity contribution in [2.45, 2.75) is 13.8 Å². The molecule has 0 unspecified atom stereocenters. The molecule has 6 heteroatoms. The van der Waals surface area contributed by atoms with Gasteiger partial charge in [0.15, 0.2) is 0 Å². The van der Waals surface area contributed by atoms with E-state index in [9.17, 15) is 4.79 Å². The second-order valence-corrected chi connectivity index (χ2v) is 7.27. The van der Waals surface area contributed by atoms with E-state index < -0.39 is 0 Å². The fraction of sp³-hybridized carbons (Fsp3) is 0.278. The highest BCUT2D eigenvalue weighted by atomic mass is 35.5. The number of aryl methyl sites for hydroxylation is 2. The fourth-order valence-corrected chi connectivity index (χ4v) is 3.05. The third kappa shape index (κ3) is 5.93. The molecule has 0 aromatic heterocycles. The number of hydrogen-bond donors (Lipinski definition) is 1. The summed E-state index contributed by atoms with van der Waals surface area (Å²) in [4.78, 5) is 11.9. The van der Waals surface area contributed by atoms with Gasteiger partial charge in [-0.3, -0.25) is 4.79 Å². The van der Waals surface area contributed by atoms with Gasteiger partial charge in [0.25, 0.3) is 0 Å². The second-order valence-electron chi connectivity index (χ2n) is 5.32. The predicted octanol–water partition coefficient (Wildman–Crippen LogP) is 5.36. The Morgan fingerprint density at radius 2 is 1.92 bits per heavy atom. The topological polar surface area (TPSA) is 38.3 Å². The number of amides is 1. The van der Waals surface area contributed by atoms with Crippen LogP contribution in [0.25, 0.3) is 0 Å². The van der Waals surface area contributed by atoms with Crippen LogP contribution in [0.15, 0.2) is 36.4 Å². The van der Waals surface area contributed by atoms with Crippen LogP contribution in [0.5, 0.6) is 5.75 Å². The van der Waals surface area contributed by atoms with Crippen LogP contribution < -0.4 is 10.1 Å². The van der Waals surface area contributed by atoms with Gasteiger partial charge < -0.3 is 10.1 Å². The molecule has 0 atom stereocenters. The maximum Gasteiger partial charge on any atom is 0.234 e. The molecule has 0 saturated carbocycles. The summed E-state index contributed by atoms with van der Waals surface area (Å²) < 4.78 is 5.58. The molecule has 0 heterocycles. The summed E-state index contributed by atoms with van der Waals surface area (Å²) in [5.74, 6) is 1.65. The number of halogens is 2. The van der Waals surface area contributed by atoms with Gasteiger partial charge in [-0.25, -0.2) is 0 Å². The van der Waals surface area contributed by atoms with Crippen molar-refractivity contribution in [1.29, 1.82) is 0 Å². The lowest BCUT2D eigenvalue weighted by atomic mass is 10.1. The highest BCUT2D eigenvalue weighted by Gasteiger charge is 2.05. The maximum atomic E-state index is 11.9. The van der Waals surface area contributed by atoms with Gasteiger partial charge in [-0.05, 0) is 55.3 Å². The Morgan fingerprint density at radius 3 is 2.62 bits per heavy atom. The predicted molar refractivity (Wildman–Crippen MR) is 104 cm³/mol. The molecular formula is C18H19Cl2NO2S.